The van der Waals surface area contributed by atoms with Gasteiger partial charge < -0.3 is 9.64 Å². The number of ether oxygens (including phenoxy) is 1. The summed E-state index contributed by atoms with van der Waals surface area (Å²) >= 11 is 0. The maximum atomic E-state index is 12.7. The average Bonchev–Trinajstić information content (AvgIpc) is 2.54. The molecule has 0 aliphatic carbocycles. The first-order chi connectivity index (χ1) is 10.3. The van der Waals surface area contributed by atoms with E-state index in [1.165, 1.54) is 11.9 Å². The van der Waals surface area contributed by atoms with Gasteiger partial charge in [0.05, 0.1) is 6.61 Å². The lowest BCUT2D eigenvalue weighted by Crippen LogP contribution is -2.36. The standard InChI is InChI=1S/C16H17N3O2/c1-2-21-15-10-13(17-11-18-15)16(20)19-9-5-7-12-6-3-4-8-14(12)19/h3-4,6,8,10-11H,2,5,7,9H2,1H3. The number of aromatic nitrogens is 2. The Bertz CT molecular complexity index is 657. The van der Waals surface area contributed by atoms with Crippen molar-refractivity contribution in [1.29, 1.82) is 0 Å². The van der Waals surface area contributed by atoms with Crippen LogP contribution in [0.3, 0.4) is 0 Å². The molecule has 1 aliphatic rings. The van der Waals surface area contributed by atoms with Crippen LogP contribution >= 0.6 is 0 Å². The van der Waals surface area contributed by atoms with Crippen molar-refractivity contribution >= 4 is 11.6 Å². The first kappa shape index (κ1) is 13.5. The summed E-state index contributed by atoms with van der Waals surface area (Å²) < 4.78 is 5.33. The van der Waals surface area contributed by atoms with Crippen molar-refractivity contribution in [2.24, 2.45) is 0 Å². The molecule has 21 heavy (non-hydrogen) atoms. The van der Waals surface area contributed by atoms with Crippen LogP contribution < -0.4 is 9.64 Å². The Morgan fingerprint density at radius 2 is 2.19 bits per heavy atom. The number of carbonyl (C=O) groups excluding carboxylic acids is 1. The van der Waals surface area contributed by atoms with Crippen molar-refractivity contribution in [2.75, 3.05) is 18.1 Å². The summed E-state index contributed by atoms with van der Waals surface area (Å²) in [7, 11) is 0. The average molecular weight is 283 g/mol. The van der Waals surface area contributed by atoms with Crippen LogP contribution in [-0.4, -0.2) is 29.0 Å². The molecular formula is C16H17N3O2. The molecule has 108 valence electrons. The van der Waals surface area contributed by atoms with E-state index >= 15 is 0 Å². The highest BCUT2D eigenvalue weighted by atomic mass is 16.5. The molecular weight excluding hydrogens is 266 g/mol. The molecule has 2 heterocycles. The molecule has 0 saturated carbocycles. The van der Waals surface area contributed by atoms with Crippen LogP contribution in [0.25, 0.3) is 0 Å². The third kappa shape index (κ3) is 2.72. The zero-order valence-corrected chi connectivity index (χ0v) is 12.0. The molecule has 0 N–H and O–H groups in total. The largest absolute Gasteiger partial charge is 0.478 e. The predicted octanol–water partition coefficient (Wildman–Crippen LogP) is 2.47. The van der Waals surface area contributed by atoms with Crippen LogP contribution in [-0.2, 0) is 6.42 Å². The minimum Gasteiger partial charge on any atom is -0.478 e. The van der Waals surface area contributed by atoms with Gasteiger partial charge in [-0.3, -0.25) is 4.79 Å². The first-order valence-electron chi connectivity index (χ1n) is 7.14. The Kier molecular flexibility index (Phi) is 3.81. The molecule has 1 amide bonds. The Morgan fingerprint density at radius 3 is 3.05 bits per heavy atom. The molecule has 0 saturated heterocycles. The zero-order chi connectivity index (χ0) is 14.7. The van der Waals surface area contributed by atoms with E-state index in [0.29, 0.717) is 24.7 Å². The lowest BCUT2D eigenvalue weighted by Gasteiger charge is -2.29. The van der Waals surface area contributed by atoms with Crippen LogP contribution in [0.2, 0.25) is 0 Å². The van der Waals surface area contributed by atoms with Gasteiger partial charge in [0.1, 0.15) is 12.0 Å². The van der Waals surface area contributed by atoms with E-state index in [9.17, 15) is 4.79 Å². The van der Waals surface area contributed by atoms with Gasteiger partial charge in [-0.2, -0.15) is 0 Å². The molecule has 0 fully saturated rings. The quantitative estimate of drug-likeness (QED) is 0.868. The Balaban J connectivity index is 1.91. The van der Waals surface area contributed by atoms with Crippen LogP contribution in [0.15, 0.2) is 36.7 Å². The minimum absolute atomic E-state index is 0.106. The van der Waals surface area contributed by atoms with Crippen molar-refractivity contribution in [3.8, 4) is 5.88 Å². The molecule has 0 atom stereocenters. The summed E-state index contributed by atoms with van der Waals surface area (Å²) in [6.07, 6.45) is 3.34. The third-order valence-corrected chi connectivity index (χ3v) is 3.51. The van der Waals surface area contributed by atoms with E-state index in [2.05, 4.69) is 16.0 Å². The van der Waals surface area contributed by atoms with Crippen LogP contribution in [0.4, 0.5) is 5.69 Å². The molecule has 0 radical (unpaired) electrons. The highest BCUT2D eigenvalue weighted by Gasteiger charge is 2.24. The monoisotopic (exact) mass is 283 g/mol. The normalized spacial score (nSPS) is 13.7. The van der Waals surface area contributed by atoms with Gasteiger partial charge >= 0.3 is 0 Å². The molecule has 0 unspecified atom stereocenters. The second-order valence-electron chi connectivity index (χ2n) is 4.86. The Labute approximate surface area is 123 Å². The second-order valence-corrected chi connectivity index (χ2v) is 4.86. The smallest absolute Gasteiger partial charge is 0.277 e. The Morgan fingerprint density at radius 1 is 1.33 bits per heavy atom. The Hall–Kier alpha value is -2.43. The third-order valence-electron chi connectivity index (χ3n) is 3.51. The van der Waals surface area contributed by atoms with Crippen molar-refractivity contribution in [2.45, 2.75) is 19.8 Å². The number of benzene rings is 1. The van der Waals surface area contributed by atoms with Crippen LogP contribution in [0, 0.1) is 0 Å². The van der Waals surface area contributed by atoms with Crippen LogP contribution in [0.1, 0.15) is 29.4 Å². The summed E-state index contributed by atoms with van der Waals surface area (Å²) in [4.78, 5) is 22.6. The van der Waals surface area contributed by atoms with E-state index in [1.54, 1.807) is 11.0 Å². The number of nitrogens with zero attached hydrogens (tertiary/aromatic N) is 3. The number of aryl methyl sites for hydroxylation is 1. The molecule has 1 aromatic heterocycles. The topological polar surface area (TPSA) is 55.3 Å². The van der Waals surface area contributed by atoms with Gasteiger partial charge in [-0.15, -0.1) is 0 Å². The molecule has 5 heteroatoms. The molecule has 0 bridgehead atoms. The van der Waals surface area contributed by atoms with Crippen molar-refractivity contribution in [3.63, 3.8) is 0 Å². The number of amides is 1. The summed E-state index contributed by atoms with van der Waals surface area (Å²) in [5.41, 5.74) is 2.55. The molecule has 5 nitrogen and oxygen atoms in total. The van der Waals surface area contributed by atoms with E-state index in [4.69, 9.17) is 4.74 Å². The van der Waals surface area contributed by atoms with Gasteiger partial charge in [-0.05, 0) is 31.4 Å². The SMILES string of the molecule is CCOc1cc(C(=O)N2CCCc3ccccc32)ncn1. The number of rotatable bonds is 3. The van der Waals surface area contributed by atoms with Gasteiger partial charge in [0, 0.05) is 18.3 Å². The van der Waals surface area contributed by atoms with E-state index in [0.717, 1.165) is 18.5 Å². The maximum absolute atomic E-state index is 12.7. The molecule has 1 aliphatic heterocycles. The maximum Gasteiger partial charge on any atom is 0.277 e. The fourth-order valence-electron chi connectivity index (χ4n) is 2.57. The fraction of sp³-hybridized carbons (Fsp3) is 0.312. The van der Waals surface area contributed by atoms with Crippen molar-refractivity contribution in [1.82, 2.24) is 9.97 Å². The molecule has 0 spiro atoms. The first-order valence-corrected chi connectivity index (χ1v) is 7.14. The van der Waals surface area contributed by atoms with Crippen LogP contribution in [0.5, 0.6) is 5.88 Å². The summed E-state index contributed by atoms with van der Waals surface area (Å²) in [5, 5.41) is 0. The summed E-state index contributed by atoms with van der Waals surface area (Å²) in [6, 6.07) is 9.61. The van der Waals surface area contributed by atoms with Gasteiger partial charge in [-0.1, -0.05) is 18.2 Å². The van der Waals surface area contributed by atoms with Gasteiger partial charge in [0.2, 0.25) is 5.88 Å². The second kappa shape index (κ2) is 5.91. The number of hydrogen-bond donors (Lipinski definition) is 0. The minimum atomic E-state index is -0.106. The highest BCUT2D eigenvalue weighted by molar-refractivity contribution is 6.05. The van der Waals surface area contributed by atoms with Crippen molar-refractivity contribution < 1.29 is 9.53 Å². The number of para-hydroxylation sites is 1. The summed E-state index contributed by atoms with van der Waals surface area (Å²) in [5.74, 6) is 0.326. The number of hydrogen-bond acceptors (Lipinski definition) is 4. The number of fused-ring (bicyclic) bond motifs is 1. The van der Waals surface area contributed by atoms with Gasteiger partial charge in [-0.25, -0.2) is 9.97 Å². The van der Waals surface area contributed by atoms with Crippen molar-refractivity contribution in [3.05, 3.63) is 47.9 Å². The number of anilines is 1. The molecule has 1 aromatic carbocycles. The molecule has 3 rings (SSSR count). The van der Waals surface area contributed by atoms with E-state index < -0.39 is 0 Å². The van der Waals surface area contributed by atoms with Gasteiger partial charge in [0.25, 0.3) is 5.91 Å². The number of carbonyl (C=O) groups is 1. The fourth-order valence-corrected chi connectivity index (χ4v) is 2.57. The highest BCUT2D eigenvalue weighted by Crippen LogP contribution is 2.28. The molecule has 2 aromatic rings. The van der Waals surface area contributed by atoms with E-state index in [1.807, 2.05) is 25.1 Å². The predicted molar refractivity (Wildman–Crippen MR) is 79.6 cm³/mol. The summed E-state index contributed by atoms with van der Waals surface area (Å²) in [6.45, 7) is 3.10. The van der Waals surface area contributed by atoms with E-state index in [-0.39, 0.29) is 5.91 Å². The lowest BCUT2D eigenvalue weighted by molar-refractivity contribution is 0.0979. The zero-order valence-electron chi connectivity index (χ0n) is 12.0. The lowest BCUT2D eigenvalue weighted by atomic mass is 10.0. The van der Waals surface area contributed by atoms with Gasteiger partial charge in [0.15, 0.2) is 0 Å².